The minimum Gasteiger partial charge on any atom is -0.481 e. The first-order valence-corrected chi connectivity index (χ1v) is 5.63. The van der Waals surface area contributed by atoms with Gasteiger partial charge in [0.1, 0.15) is 5.92 Å². The molecular formula is C11H20N2O3. The molecule has 0 aliphatic carbocycles. The van der Waals surface area contributed by atoms with E-state index >= 15 is 0 Å². The molecule has 0 aromatic carbocycles. The molecule has 1 fully saturated rings. The van der Waals surface area contributed by atoms with E-state index in [-0.39, 0.29) is 11.8 Å². The number of carboxylic acids is 1. The number of nitrogens with zero attached hydrogens (tertiary/aromatic N) is 2. The van der Waals surface area contributed by atoms with Crippen LogP contribution in [0.4, 0.5) is 0 Å². The minimum absolute atomic E-state index is 0.162. The van der Waals surface area contributed by atoms with Crippen molar-refractivity contribution in [3.63, 3.8) is 0 Å². The molecule has 0 saturated carbocycles. The fourth-order valence-electron chi connectivity index (χ4n) is 1.90. The van der Waals surface area contributed by atoms with Crippen molar-refractivity contribution in [1.82, 2.24) is 9.80 Å². The van der Waals surface area contributed by atoms with Crippen molar-refractivity contribution in [2.24, 2.45) is 11.8 Å². The summed E-state index contributed by atoms with van der Waals surface area (Å²) in [5, 5.41) is 9.04. The van der Waals surface area contributed by atoms with Crippen molar-refractivity contribution >= 4 is 11.9 Å². The number of amides is 1. The third-order valence-electron chi connectivity index (χ3n) is 3.01. The molecule has 1 heterocycles. The van der Waals surface area contributed by atoms with Crippen LogP contribution in [-0.4, -0.2) is 60.0 Å². The van der Waals surface area contributed by atoms with E-state index in [4.69, 9.17) is 5.11 Å². The van der Waals surface area contributed by atoms with E-state index in [2.05, 4.69) is 4.90 Å². The first kappa shape index (κ1) is 13.0. The summed E-state index contributed by atoms with van der Waals surface area (Å²) in [4.78, 5) is 26.8. The summed E-state index contributed by atoms with van der Waals surface area (Å²) in [6.45, 7) is 6.43. The SMILES string of the molecule is CC(C)C(C(=O)O)C(=O)N1CCN(C)CC1. The van der Waals surface area contributed by atoms with Crippen LogP contribution in [0.1, 0.15) is 13.8 Å². The summed E-state index contributed by atoms with van der Waals surface area (Å²) < 4.78 is 0. The summed E-state index contributed by atoms with van der Waals surface area (Å²) in [5.41, 5.74) is 0. The van der Waals surface area contributed by atoms with Gasteiger partial charge in [-0.2, -0.15) is 0 Å². The molecule has 1 N–H and O–H groups in total. The van der Waals surface area contributed by atoms with Gasteiger partial charge in [0.15, 0.2) is 0 Å². The van der Waals surface area contributed by atoms with Gasteiger partial charge in [0.25, 0.3) is 0 Å². The molecule has 0 radical (unpaired) electrons. The second kappa shape index (κ2) is 5.30. The second-order valence-corrected chi connectivity index (χ2v) is 4.69. The first-order chi connectivity index (χ1) is 7.43. The smallest absolute Gasteiger partial charge is 0.316 e. The average Bonchev–Trinajstić information content (AvgIpc) is 2.17. The average molecular weight is 228 g/mol. The van der Waals surface area contributed by atoms with Gasteiger partial charge in [-0.3, -0.25) is 9.59 Å². The van der Waals surface area contributed by atoms with Crippen molar-refractivity contribution < 1.29 is 14.7 Å². The van der Waals surface area contributed by atoms with Gasteiger partial charge in [0.05, 0.1) is 0 Å². The van der Waals surface area contributed by atoms with E-state index in [9.17, 15) is 9.59 Å². The van der Waals surface area contributed by atoms with Crippen LogP contribution in [0.25, 0.3) is 0 Å². The zero-order chi connectivity index (χ0) is 12.3. The summed E-state index contributed by atoms with van der Waals surface area (Å²) in [5.74, 6) is -2.32. The molecule has 0 spiro atoms. The molecule has 1 rings (SSSR count). The van der Waals surface area contributed by atoms with E-state index in [0.717, 1.165) is 13.1 Å². The van der Waals surface area contributed by atoms with Gasteiger partial charge in [-0.05, 0) is 13.0 Å². The molecule has 5 nitrogen and oxygen atoms in total. The molecule has 0 bridgehead atoms. The highest BCUT2D eigenvalue weighted by Crippen LogP contribution is 2.15. The number of carboxylic acid groups (broad SMARTS) is 1. The van der Waals surface area contributed by atoms with Gasteiger partial charge >= 0.3 is 5.97 Å². The van der Waals surface area contributed by atoms with Gasteiger partial charge in [0.2, 0.25) is 5.91 Å². The highest BCUT2D eigenvalue weighted by atomic mass is 16.4. The van der Waals surface area contributed by atoms with Crippen LogP contribution in [0.5, 0.6) is 0 Å². The predicted octanol–water partition coefficient (Wildman–Crippen LogP) is 0.117. The molecule has 1 aliphatic heterocycles. The summed E-state index contributed by atoms with van der Waals surface area (Å²) in [6.07, 6.45) is 0. The number of likely N-dealkylation sites (N-methyl/N-ethyl adjacent to an activating group) is 1. The van der Waals surface area contributed by atoms with Crippen molar-refractivity contribution in [3.8, 4) is 0 Å². The van der Waals surface area contributed by atoms with Crippen LogP contribution in [-0.2, 0) is 9.59 Å². The third-order valence-corrected chi connectivity index (χ3v) is 3.01. The Kier molecular flexibility index (Phi) is 4.29. The van der Waals surface area contributed by atoms with E-state index in [1.165, 1.54) is 0 Å². The van der Waals surface area contributed by atoms with Gasteiger partial charge in [-0.1, -0.05) is 13.8 Å². The monoisotopic (exact) mass is 228 g/mol. The highest BCUT2D eigenvalue weighted by Gasteiger charge is 2.34. The largest absolute Gasteiger partial charge is 0.481 e. The van der Waals surface area contributed by atoms with Crippen LogP contribution in [0, 0.1) is 11.8 Å². The fraction of sp³-hybridized carbons (Fsp3) is 0.818. The Balaban J connectivity index is 2.65. The molecule has 1 atom stereocenters. The van der Waals surface area contributed by atoms with Crippen molar-refractivity contribution in [1.29, 1.82) is 0 Å². The Morgan fingerprint density at radius 3 is 2.00 bits per heavy atom. The predicted molar refractivity (Wildman–Crippen MR) is 60.0 cm³/mol. The molecule has 1 amide bonds. The number of aliphatic carboxylic acids is 1. The van der Waals surface area contributed by atoms with Crippen molar-refractivity contribution in [2.75, 3.05) is 33.2 Å². The molecule has 0 aromatic heterocycles. The number of carbonyl (C=O) groups excluding carboxylic acids is 1. The zero-order valence-electron chi connectivity index (χ0n) is 10.1. The highest BCUT2D eigenvalue weighted by molar-refractivity contribution is 5.97. The molecule has 5 heteroatoms. The molecular weight excluding hydrogens is 208 g/mol. The Bertz CT molecular complexity index is 270. The Labute approximate surface area is 96.0 Å². The maximum atomic E-state index is 12.0. The molecule has 1 unspecified atom stereocenters. The van der Waals surface area contributed by atoms with Crippen molar-refractivity contribution in [3.05, 3.63) is 0 Å². The quantitative estimate of drug-likeness (QED) is 0.697. The molecule has 92 valence electrons. The summed E-state index contributed by atoms with van der Waals surface area (Å²) in [7, 11) is 2.00. The van der Waals surface area contributed by atoms with Crippen LogP contribution in [0.15, 0.2) is 0 Å². The fourth-order valence-corrected chi connectivity index (χ4v) is 1.90. The maximum absolute atomic E-state index is 12.0. The normalized spacial score (nSPS) is 19.9. The lowest BCUT2D eigenvalue weighted by Gasteiger charge is -2.34. The van der Waals surface area contributed by atoms with Crippen LogP contribution < -0.4 is 0 Å². The number of carbonyl (C=O) groups is 2. The Hall–Kier alpha value is -1.10. The molecule has 1 aliphatic rings. The third kappa shape index (κ3) is 2.95. The molecule has 1 saturated heterocycles. The summed E-state index contributed by atoms with van der Waals surface area (Å²) in [6, 6.07) is 0. The molecule has 16 heavy (non-hydrogen) atoms. The second-order valence-electron chi connectivity index (χ2n) is 4.69. The molecule has 0 aromatic rings. The number of rotatable bonds is 3. The Morgan fingerprint density at radius 2 is 1.62 bits per heavy atom. The number of hydrogen-bond acceptors (Lipinski definition) is 3. The van der Waals surface area contributed by atoms with Crippen LogP contribution in [0.2, 0.25) is 0 Å². The number of piperazine rings is 1. The zero-order valence-corrected chi connectivity index (χ0v) is 10.1. The van der Waals surface area contributed by atoms with Crippen LogP contribution >= 0.6 is 0 Å². The van der Waals surface area contributed by atoms with Crippen molar-refractivity contribution in [2.45, 2.75) is 13.8 Å². The maximum Gasteiger partial charge on any atom is 0.316 e. The Morgan fingerprint density at radius 1 is 1.12 bits per heavy atom. The lowest BCUT2D eigenvalue weighted by Crippen LogP contribution is -2.51. The van der Waals surface area contributed by atoms with Gasteiger partial charge in [-0.25, -0.2) is 0 Å². The van der Waals surface area contributed by atoms with E-state index < -0.39 is 11.9 Å². The lowest BCUT2D eigenvalue weighted by atomic mass is 9.94. The van der Waals surface area contributed by atoms with E-state index in [1.54, 1.807) is 18.7 Å². The number of hydrogen-bond donors (Lipinski definition) is 1. The van der Waals surface area contributed by atoms with Gasteiger partial charge < -0.3 is 14.9 Å². The first-order valence-electron chi connectivity index (χ1n) is 5.63. The minimum atomic E-state index is -1.01. The topological polar surface area (TPSA) is 60.9 Å². The van der Waals surface area contributed by atoms with E-state index in [1.807, 2.05) is 7.05 Å². The van der Waals surface area contributed by atoms with E-state index in [0.29, 0.717) is 13.1 Å². The van der Waals surface area contributed by atoms with Gasteiger partial charge in [0, 0.05) is 26.2 Å². The lowest BCUT2D eigenvalue weighted by molar-refractivity contribution is -0.154. The van der Waals surface area contributed by atoms with Gasteiger partial charge in [-0.15, -0.1) is 0 Å². The van der Waals surface area contributed by atoms with Crippen LogP contribution in [0.3, 0.4) is 0 Å². The summed E-state index contributed by atoms with van der Waals surface area (Å²) >= 11 is 0. The standard InChI is InChI=1S/C11H20N2O3/c1-8(2)9(11(15)16)10(14)13-6-4-12(3)5-7-13/h8-9H,4-7H2,1-3H3,(H,15,16).